The van der Waals surface area contributed by atoms with Crippen LogP contribution >= 0.6 is 0 Å². The van der Waals surface area contributed by atoms with E-state index in [0.717, 1.165) is 26.1 Å². The number of hydrogen-bond acceptors (Lipinski definition) is 2. The second-order valence-electron chi connectivity index (χ2n) is 4.32. The lowest BCUT2D eigenvalue weighted by Crippen LogP contribution is -2.25. The van der Waals surface area contributed by atoms with Gasteiger partial charge in [0.25, 0.3) is 0 Å². The van der Waals surface area contributed by atoms with E-state index in [0.29, 0.717) is 0 Å². The highest BCUT2D eigenvalue weighted by Gasteiger charge is 2.14. The van der Waals surface area contributed by atoms with E-state index >= 15 is 0 Å². The molecule has 0 saturated heterocycles. The Kier molecular flexibility index (Phi) is 3.50. The Morgan fingerprint density at radius 3 is 3.06 bits per heavy atom. The van der Waals surface area contributed by atoms with E-state index in [1.807, 2.05) is 0 Å². The lowest BCUT2D eigenvalue weighted by atomic mass is 10.2. The third-order valence-corrected chi connectivity index (χ3v) is 3.08. The number of nitrogens with zero attached hydrogens (tertiary/aromatic N) is 1. The summed E-state index contributed by atoms with van der Waals surface area (Å²) in [6.45, 7) is 9.44. The van der Waals surface area contributed by atoms with E-state index in [9.17, 15) is 0 Å². The first-order valence-electron chi connectivity index (χ1n) is 6.05. The number of anilines is 2. The number of benzene rings is 1. The standard InChI is InChI=1S/C14H20N2/c1-3-12(2)11-16-10-6-9-15-13-7-4-5-8-14(13)16/h4-5,7-8,15H,2-3,6,9-11H2,1H3. The van der Waals surface area contributed by atoms with Gasteiger partial charge in [0.05, 0.1) is 11.4 Å². The molecule has 0 bridgehead atoms. The molecule has 0 saturated carbocycles. The van der Waals surface area contributed by atoms with Crippen molar-refractivity contribution in [2.24, 2.45) is 0 Å². The van der Waals surface area contributed by atoms with Gasteiger partial charge in [0.2, 0.25) is 0 Å². The molecular formula is C14H20N2. The van der Waals surface area contributed by atoms with Gasteiger partial charge in [0.1, 0.15) is 0 Å². The minimum Gasteiger partial charge on any atom is -0.383 e. The van der Waals surface area contributed by atoms with Crippen molar-refractivity contribution in [2.45, 2.75) is 19.8 Å². The predicted octanol–water partition coefficient (Wildman–Crippen LogP) is 3.27. The Balaban J connectivity index is 2.22. The van der Waals surface area contributed by atoms with Crippen LogP contribution in [0.4, 0.5) is 11.4 Å². The second-order valence-corrected chi connectivity index (χ2v) is 4.32. The highest BCUT2D eigenvalue weighted by atomic mass is 15.2. The molecule has 2 heteroatoms. The van der Waals surface area contributed by atoms with Gasteiger partial charge in [-0.1, -0.05) is 31.2 Å². The molecule has 0 amide bonds. The molecule has 1 heterocycles. The summed E-state index contributed by atoms with van der Waals surface area (Å²) in [5.41, 5.74) is 3.87. The van der Waals surface area contributed by atoms with Crippen molar-refractivity contribution in [3.05, 3.63) is 36.4 Å². The number of rotatable bonds is 3. The molecule has 0 aromatic heterocycles. The smallest absolute Gasteiger partial charge is 0.0604 e. The predicted molar refractivity (Wildman–Crippen MR) is 71.2 cm³/mol. The summed E-state index contributed by atoms with van der Waals surface area (Å²) < 4.78 is 0. The first kappa shape index (κ1) is 11.1. The minimum atomic E-state index is 0.981. The monoisotopic (exact) mass is 216 g/mol. The van der Waals surface area contributed by atoms with Gasteiger partial charge in [0, 0.05) is 19.6 Å². The van der Waals surface area contributed by atoms with E-state index in [2.05, 4.69) is 48.0 Å². The van der Waals surface area contributed by atoms with Crippen LogP contribution in [-0.4, -0.2) is 19.6 Å². The van der Waals surface area contributed by atoms with E-state index in [4.69, 9.17) is 0 Å². The molecule has 0 aliphatic carbocycles. The third-order valence-electron chi connectivity index (χ3n) is 3.08. The van der Waals surface area contributed by atoms with Gasteiger partial charge in [-0.2, -0.15) is 0 Å². The Morgan fingerprint density at radius 1 is 1.44 bits per heavy atom. The maximum atomic E-state index is 4.11. The molecule has 0 unspecified atom stereocenters. The van der Waals surface area contributed by atoms with Crippen LogP contribution in [0.1, 0.15) is 19.8 Å². The van der Waals surface area contributed by atoms with Gasteiger partial charge in [-0.25, -0.2) is 0 Å². The third kappa shape index (κ3) is 2.38. The lowest BCUT2D eigenvalue weighted by molar-refractivity contribution is 0.784. The number of hydrogen-bond donors (Lipinski definition) is 1. The fourth-order valence-electron chi connectivity index (χ4n) is 2.06. The molecule has 0 spiro atoms. The van der Waals surface area contributed by atoms with E-state index < -0.39 is 0 Å². The zero-order valence-corrected chi connectivity index (χ0v) is 10.00. The van der Waals surface area contributed by atoms with Crippen LogP contribution in [0.15, 0.2) is 36.4 Å². The van der Waals surface area contributed by atoms with Crippen molar-refractivity contribution in [3.63, 3.8) is 0 Å². The normalized spacial score (nSPS) is 14.9. The number of fused-ring (bicyclic) bond motifs is 1. The molecule has 0 radical (unpaired) electrons. The molecule has 1 aromatic rings. The first-order chi connectivity index (χ1) is 7.81. The Hall–Kier alpha value is -1.44. The zero-order valence-electron chi connectivity index (χ0n) is 10.00. The summed E-state index contributed by atoms with van der Waals surface area (Å²) in [6.07, 6.45) is 2.25. The second kappa shape index (κ2) is 5.06. The molecule has 16 heavy (non-hydrogen) atoms. The molecule has 1 aliphatic heterocycles. The van der Waals surface area contributed by atoms with Gasteiger partial charge in [-0.05, 0) is 25.0 Å². The topological polar surface area (TPSA) is 15.3 Å². The van der Waals surface area contributed by atoms with Crippen LogP contribution in [0, 0.1) is 0 Å². The average Bonchev–Trinajstić information content (AvgIpc) is 2.52. The van der Waals surface area contributed by atoms with Crippen LogP contribution in [0.5, 0.6) is 0 Å². The molecule has 86 valence electrons. The Morgan fingerprint density at radius 2 is 2.25 bits per heavy atom. The zero-order chi connectivity index (χ0) is 11.4. The van der Waals surface area contributed by atoms with Crippen molar-refractivity contribution in [1.82, 2.24) is 0 Å². The van der Waals surface area contributed by atoms with Crippen LogP contribution in [0.3, 0.4) is 0 Å². The van der Waals surface area contributed by atoms with E-state index in [-0.39, 0.29) is 0 Å². The fraction of sp³-hybridized carbons (Fsp3) is 0.429. The maximum absolute atomic E-state index is 4.11. The van der Waals surface area contributed by atoms with Crippen LogP contribution < -0.4 is 10.2 Å². The van der Waals surface area contributed by atoms with Crippen molar-refractivity contribution in [1.29, 1.82) is 0 Å². The maximum Gasteiger partial charge on any atom is 0.0604 e. The van der Waals surface area contributed by atoms with Gasteiger partial charge in [-0.15, -0.1) is 0 Å². The summed E-state index contributed by atoms with van der Waals surface area (Å²) in [6, 6.07) is 8.54. The molecule has 1 N–H and O–H groups in total. The van der Waals surface area contributed by atoms with Crippen molar-refractivity contribution >= 4 is 11.4 Å². The molecule has 1 aliphatic rings. The lowest BCUT2D eigenvalue weighted by Gasteiger charge is -2.25. The van der Waals surface area contributed by atoms with Crippen LogP contribution in [-0.2, 0) is 0 Å². The largest absolute Gasteiger partial charge is 0.383 e. The SMILES string of the molecule is C=C(CC)CN1CCCNc2ccccc21. The van der Waals surface area contributed by atoms with Gasteiger partial charge in [0.15, 0.2) is 0 Å². The summed E-state index contributed by atoms with van der Waals surface area (Å²) in [5.74, 6) is 0. The summed E-state index contributed by atoms with van der Waals surface area (Å²) in [7, 11) is 0. The molecule has 0 atom stereocenters. The molecule has 1 aromatic carbocycles. The van der Waals surface area contributed by atoms with Crippen LogP contribution in [0.25, 0.3) is 0 Å². The van der Waals surface area contributed by atoms with Gasteiger partial charge >= 0.3 is 0 Å². The molecular weight excluding hydrogens is 196 g/mol. The highest BCUT2D eigenvalue weighted by molar-refractivity contribution is 5.71. The average molecular weight is 216 g/mol. The summed E-state index contributed by atoms with van der Waals surface area (Å²) in [5, 5.41) is 3.48. The summed E-state index contributed by atoms with van der Waals surface area (Å²) in [4.78, 5) is 2.43. The molecule has 2 nitrogen and oxygen atoms in total. The Labute approximate surface area is 98.0 Å². The van der Waals surface area contributed by atoms with Crippen LogP contribution in [0.2, 0.25) is 0 Å². The van der Waals surface area contributed by atoms with Crippen molar-refractivity contribution < 1.29 is 0 Å². The van der Waals surface area contributed by atoms with Crippen molar-refractivity contribution in [2.75, 3.05) is 29.9 Å². The first-order valence-corrected chi connectivity index (χ1v) is 6.05. The van der Waals surface area contributed by atoms with E-state index in [1.54, 1.807) is 0 Å². The number of nitrogens with one attached hydrogen (secondary N) is 1. The minimum absolute atomic E-state index is 0.981. The highest BCUT2D eigenvalue weighted by Crippen LogP contribution is 2.28. The molecule has 0 fully saturated rings. The fourth-order valence-corrected chi connectivity index (χ4v) is 2.06. The Bertz CT molecular complexity index is 371. The summed E-state index contributed by atoms with van der Waals surface area (Å²) >= 11 is 0. The van der Waals surface area contributed by atoms with E-state index in [1.165, 1.54) is 23.4 Å². The van der Waals surface area contributed by atoms with Gasteiger partial charge in [-0.3, -0.25) is 0 Å². The quantitative estimate of drug-likeness (QED) is 0.780. The molecule has 2 rings (SSSR count). The number of para-hydroxylation sites is 2. The van der Waals surface area contributed by atoms with Gasteiger partial charge < -0.3 is 10.2 Å². The van der Waals surface area contributed by atoms with Crippen molar-refractivity contribution in [3.8, 4) is 0 Å².